The predicted molar refractivity (Wildman–Crippen MR) is 86.0 cm³/mol. The third-order valence-corrected chi connectivity index (χ3v) is 5.74. The summed E-state index contributed by atoms with van der Waals surface area (Å²) in [6.07, 6.45) is 0.674. The molecule has 0 amide bonds. The van der Waals surface area contributed by atoms with Gasteiger partial charge < -0.3 is 15.0 Å². The first-order valence-corrected chi connectivity index (χ1v) is 9.10. The number of hydrogen-bond acceptors (Lipinski definition) is 5. The Labute approximate surface area is 127 Å². The Hall–Kier alpha value is -1.27. The van der Waals surface area contributed by atoms with E-state index in [2.05, 4.69) is 17.1 Å². The van der Waals surface area contributed by atoms with Gasteiger partial charge in [0.1, 0.15) is 5.75 Å². The molecule has 1 fully saturated rings. The Morgan fingerprint density at radius 3 is 2.71 bits per heavy atom. The summed E-state index contributed by atoms with van der Waals surface area (Å²) in [6.45, 7) is 3.38. The van der Waals surface area contributed by atoms with E-state index in [1.54, 1.807) is 7.11 Å². The van der Waals surface area contributed by atoms with Crippen molar-refractivity contribution >= 4 is 15.5 Å². The van der Waals surface area contributed by atoms with Gasteiger partial charge in [-0.15, -0.1) is 0 Å². The number of hydrogen-bond donors (Lipinski definition) is 1. The number of sulfone groups is 1. The van der Waals surface area contributed by atoms with Crippen LogP contribution in [0, 0.1) is 0 Å². The molecule has 1 heterocycles. The van der Waals surface area contributed by atoms with E-state index < -0.39 is 9.84 Å². The minimum absolute atomic E-state index is 0.135. The summed E-state index contributed by atoms with van der Waals surface area (Å²) in [5.41, 5.74) is 2.15. The molecule has 0 radical (unpaired) electrons. The predicted octanol–water partition coefficient (Wildman–Crippen LogP) is 1.60. The Morgan fingerprint density at radius 2 is 2.05 bits per heavy atom. The van der Waals surface area contributed by atoms with Crippen molar-refractivity contribution in [3.63, 3.8) is 0 Å². The lowest BCUT2D eigenvalue weighted by Crippen LogP contribution is -2.29. The molecule has 21 heavy (non-hydrogen) atoms. The molecule has 118 valence electrons. The Balaban J connectivity index is 2.38. The van der Waals surface area contributed by atoms with Gasteiger partial charge in [0.15, 0.2) is 9.84 Å². The molecule has 1 aliphatic rings. The smallest absolute Gasteiger partial charge is 0.152 e. The van der Waals surface area contributed by atoms with Crippen molar-refractivity contribution in [2.24, 2.45) is 0 Å². The molecule has 0 aromatic heterocycles. The van der Waals surface area contributed by atoms with E-state index in [1.807, 2.05) is 25.2 Å². The summed E-state index contributed by atoms with van der Waals surface area (Å²) in [6, 6.07) is 6.08. The van der Waals surface area contributed by atoms with Crippen LogP contribution >= 0.6 is 0 Å². The number of rotatable bonds is 4. The maximum atomic E-state index is 11.8. The topological polar surface area (TPSA) is 58.6 Å². The summed E-state index contributed by atoms with van der Waals surface area (Å²) < 4.78 is 29.1. The molecule has 1 aliphatic heterocycles. The number of methoxy groups -OCH3 is 1. The highest BCUT2D eigenvalue weighted by atomic mass is 32.2. The van der Waals surface area contributed by atoms with Crippen molar-refractivity contribution in [2.75, 3.05) is 43.7 Å². The van der Waals surface area contributed by atoms with E-state index in [1.165, 1.54) is 0 Å². The molecule has 1 unspecified atom stereocenters. The lowest BCUT2D eigenvalue weighted by molar-refractivity contribution is 0.404. The standard InChI is InChI=1S/C15H24N2O3S/c1-12(16-2)15-13(6-4-7-14(15)20-3)17-8-5-10-21(18,19)11-9-17/h4,6-7,12,16H,5,8-11H2,1-3H3. The molecule has 5 nitrogen and oxygen atoms in total. The number of anilines is 1. The van der Waals surface area contributed by atoms with Crippen LogP contribution in [0.2, 0.25) is 0 Å². The molecular weight excluding hydrogens is 288 g/mol. The average molecular weight is 312 g/mol. The Kier molecular flexibility index (Phi) is 5.11. The van der Waals surface area contributed by atoms with Crippen LogP contribution in [0.4, 0.5) is 5.69 Å². The fourth-order valence-electron chi connectivity index (χ4n) is 2.75. The SMILES string of the molecule is CNC(C)c1c(OC)cccc1N1CCCS(=O)(=O)CC1. The van der Waals surface area contributed by atoms with Crippen LogP contribution in [0.3, 0.4) is 0 Å². The van der Waals surface area contributed by atoms with Crippen molar-refractivity contribution in [1.29, 1.82) is 0 Å². The third kappa shape index (κ3) is 3.68. The van der Waals surface area contributed by atoms with Crippen molar-refractivity contribution in [2.45, 2.75) is 19.4 Å². The molecular formula is C15H24N2O3S. The van der Waals surface area contributed by atoms with Gasteiger partial charge in [0.2, 0.25) is 0 Å². The van der Waals surface area contributed by atoms with Crippen molar-refractivity contribution in [1.82, 2.24) is 5.32 Å². The lowest BCUT2D eigenvalue weighted by atomic mass is 10.0. The molecule has 0 spiro atoms. The summed E-state index contributed by atoms with van der Waals surface area (Å²) >= 11 is 0. The van der Waals surface area contributed by atoms with Crippen LogP contribution in [-0.2, 0) is 9.84 Å². The number of ether oxygens (including phenoxy) is 1. The highest BCUT2D eigenvalue weighted by Gasteiger charge is 2.23. The number of nitrogens with one attached hydrogen (secondary N) is 1. The van der Waals surface area contributed by atoms with Gasteiger partial charge in [-0.25, -0.2) is 8.42 Å². The van der Waals surface area contributed by atoms with Crippen molar-refractivity contribution in [3.05, 3.63) is 23.8 Å². The normalized spacial score (nSPS) is 19.9. The van der Waals surface area contributed by atoms with Crippen LogP contribution in [-0.4, -0.2) is 47.2 Å². The maximum absolute atomic E-state index is 11.8. The molecule has 1 aromatic carbocycles. The van der Waals surface area contributed by atoms with Gasteiger partial charge in [-0.2, -0.15) is 0 Å². The zero-order valence-electron chi connectivity index (χ0n) is 12.9. The minimum atomic E-state index is -2.90. The molecule has 1 saturated heterocycles. The van der Waals surface area contributed by atoms with Crippen molar-refractivity contribution in [3.8, 4) is 5.75 Å². The second-order valence-electron chi connectivity index (χ2n) is 5.40. The van der Waals surface area contributed by atoms with Crippen LogP contribution in [0.25, 0.3) is 0 Å². The van der Waals surface area contributed by atoms with Crippen LogP contribution in [0.5, 0.6) is 5.75 Å². The van der Waals surface area contributed by atoms with Crippen LogP contribution in [0.15, 0.2) is 18.2 Å². The molecule has 1 N–H and O–H groups in total. The number of benzene rings is 1. The van der Waals surface area contributed by atoms with E-state index >= 15 is 0 Å². The fourth-order valence-corrected chi connectivity index (χ4v) is 4.02. The van der Waals surface area contributed by atoms with Gasteiger partial charge in [-0.3, -0.25) is 0 Å². The van der Waals surface area contributed by atoms with E-state index in [0.29, 0.717) is 13.0 Å². The van der Waals surface area contributed by atoms with E-state index in [4.69, 9.17) is 4.74 Å². The fraction of sp³-hybridized carbons (Fsp3) is 0.600. The Bertz CT molecular complexity index is 587. The molecule has 6 heteroatoms. The van der Waals surface area contributed by atoms with Gasteiger partial charge in [0.25, 0.3) is 0 Å². The number of nitrogens with zero attached hydrogens (tertiary/aromatic N) is 1. The van der Waals surface area contributed by atoms with Crippen LogP contribution in [0.1, 0.15) is 24.9 Å². The summed E-state index contributed by atoms with van der Waals surface area (Å²) in [7, 11) is 0.672. The molecule has 0 bridgehead atoms. The lowest BCUT2D eigenvalue weighted by Gasteiger charge is -2.28. The molecule has 2 rings (SSSR count). The third-order valence-electron chi connectivity index (χ3n) is 4.03. The minimum Gasteiger partial charge on any atom is -0.496 e. The Morgan fingerprint density at radius 1 is 1.29 bits per heavy atom. The maximum Gasteiger partial charge on any atom is 0.152 e. The van der Waals surface area contributed by atoms with Gasteiger partial charge in [0.05, 0.1) is 18.6 Å². The second kappa shape index (κ2) is 6.66. The molecule has 1 aromatic rings. The highest BCUT2D eigenvalue weighted by Crippen LogP contribution is 2.35. The van der Waals surface area contributed by atoms with Gasteiger partial charge in [0, 0.05) is 30.4 Å². The second-order valence-corrected chi connectivity index (χ2v) is 7.70. The zero-order chi connectivity index (χ0) is 15.5. The van der Waals surface area contributed by atoms with Crippen molar-refractivity contribution < 1.29 is 13.2 Å². The van der Waals surface area contributed by atoms with E-state index in [-0.39, 0.29) is 17.5 Å². The van der Waals surface area contributed by atoms with Gasteiger partial charge in [-0.05, 0) is 32.5 Å². The van der Waals surface area contributed by atoms with Gasteiger partial charge in [-0.1, -0.05) is 6.07 Å². The monoisotopic (exact) mass is 312 g/mol. The molecule has 1 atom stereocenters. The quantitative estimate of drug-likeness (QED) is 0.915. The van der Waals surface area contributed by atoms with E-state index in [0.717, 1.165) is 23.5 Å². The largest absolute Gasteiger partial charge is 0.496 e. The summed E-state index contributed by atoms with van der Waals surface area (Å²) in [5.74, 6) is 1.34. The zero-order valence-corrected chi connectivity index (χ0v) is 13.7. The average Bonchev–Trinajstić information content (AvgIpc) is 2.66. The van der Waals surface area contributed by atoms with Gasteiger partial charge >= 0.3 is 0 Å². The highest BCUT2D eigenvalue weighted by molar-refractivity contribution is 7.91. The van der Waals surface area contributed by atoms with Crippen LogP contribution < -0.4 is 15.0 Å². The van der Waals surface area contributed by atoms with E-state index in [9.17, 15) is 8.42 Å². The first-order chi connectivity index (χ1) is 9.98. The molecule has 0 saturated carbocycles. The summed E-state index contributed by atoms with van der Waals surface area (Å²) in [5, 5.41) is 3.24. The molecule has 0 aliphatic carbocycles. The first kappa shape index (κ1) is 16.1. The summed E-state index contributed by atoms with van der Waals surface area (Å²) in [4.78, 5) is 2.16. The first-order valence-electron chi connectivity index (χ1n) is 7.28.